The predicted octanol–water partition coefficient (Wildman–Crippen LogP) is 3.08. The highest BCUT2D eigenvalue weighted by Crippen LogP contribution is 2.43. The van der Waals surface area contributed by atoms with Gasteiger partial charge in [0.1, 0.15) is 6.04 Å². The van der Waals surface area contributed by atoms with Crippen LogP contribution in [0.2, 0.25) is 5.02 Å². The van der Waals surface area contributed by atoms with Crippen LogP contribution >= 0.6 is 11.6 Å². The van der Waals surface area contributed by atoms with E-state index in [4.69, 9.17) is 16.7 Å². The summed E-state index contributed by atoms with van der Waals surface area (Å²) in [4.78, 5) is 25.4. The number of carboxylic acid groups (broad SMARTS) is 1. The molecule has 0 spiro atoms. The zero-order chi connectivity index (χ0) is 15.6. The van der Waals surface area contributed by atoms with Crippen molar-refractivity contribution in [1.82, 2.24) is 4.90 Å². The normalized spacial score (nSPS) is 18.2. The third-order valence-electron chi connectivity index (χ3n) is 4.52. The number of likely N-dealkylation sites (N-methyl/N-ethyl adjacent to an activating group) is 1. The molecule has 0 saturated heterocycles. The van der Waals surface area contributed by atoms with Gasteiger partial charge >= 0.3 is 5.97 Å². The Balaban J connectivity index is 2.36. The molecule has 0 aliphatic heterocycles. The lowest BCUT2D eigenvalue weighted by atomic mass is 9.77. The molecule has 1 atom stereocenters. The third kappa shape index (κ3) is 2.91. The fraction of sp³-hybridized carbons (Fsp3) is 0.500. The van der Waals surface area contributed by atoms with E-state index in [1.165, 1.54) is 11.8 Å². The van der Waals surface area contributed by atoms with E-state index in [0.717, 1.165) is 31.2 Å². The second-order valence-electron chi connectivity index (χ2n) is 5.73. The molecule has 0 heterocycles. The van der Waals surface area contributed by atoms with E-state index in [1.807, 2.05) is 12.1 Å². The maximum absolute atomic E-state index is 12.9. The highest BCUT2D eigenvalue weighted by molar-refractivity contribution is 6.30. The molecule has 1 N–H and O–H groups in total. The van der Waals surface area contributed by atoms with Gasteiger partial charge in [0.25, 0.3) is 0 Å². The number of hydrogen-bond donors (Lipinski definition) is 1. The number of aliphatic carboxylic acids is 1. The van der Waals surface area contributed by atoms with Crippen LogP contribution in [0.5, 0.6) is 0 Å². The summed E-state index contributed by atoms with van der Waals surface area (Å²) in [5.74, 6) is -1.10. The van der Waals surface area contributed by atoms with Crippen molar-refractivity contribution < 1.29 is 14.7 Å². The monoisotopic (exact) mass is 309 g/mol. The van der Waals surface area contributed by atoms with Crippen LogP contribution in [0.15, 0.2) is 24.3 Å². The molecule has 21 heavy (non-hydrogen) atoms. The summed E-state index contributed by atoms with van der Waals surface area (Å²) in [7, 11) is 1.57. The third-order valence-corrected chi connectivity index (χ3v) is 4.77. The van der Waals surface area contributed by atoms with Crippen molar-refractivity contribution in [3.63, 3.8) is 0 Å². The Labute approximate surface area is 129 Å². The molecule has 5 heteroatoms. The van der Waals surface area contributed by atoms with Crippen LogP contribution in [0.4, 0.5) is 0 Å². The Morgan fingerprint density at radius 3 is 2.24 bits per heavy atom. The maximum Gasteiger partial charge on any atom is 0.326 e. The quantitative estimate of drug-likeness (QED) is 0.930. The summed E-state index contributed by atoms with van der Waals surface area (Å²) in [6.45, 7) is 1.53. The summed E-state index contributed by atoms with van der Waals surface area (Å²) < 4.78 is 0. The van der Waals surface area contributed by atoms with E-state index in [9.17, 15) is 9.59 Å². The lowest BCUT2D eigenvalue weighted by Gasteiger charge is -2.34. The van der Waals surface area contributed by atoms with Crippen LogP contribution in [0.25, 0.3) is 0 Å². The predicted molar refractivity (Wildman–Crippen MR) is 81.5 cm³/mol. The van der Waals surface area contributed by atoms with Crippen LogP contribution in [-0.4, -0.2) is 35.0 Å². The van der Waals surface area contributed by atoms with Gasteiger partial charge in [0.05, 0.1) is 5.41 Å². The summed E-state index contributed by atoms with van der Waals surface area (Å²) >= 11 is 5.92. The molecule has 0 radical (unpaired) electrons. The molecule has 1 aliphatic carbocycles. The molecule has 4 nitrogen and oxygen atoms in total. The molecule has 1 fully saturated rings. The van der Waals surface area contributed by atoms with Gasteiger partial charge in [-0.3, -0.25) is 4.79 Å². The van der Waals surface area contributed by atoms with Gasteiger partial charge in [-0.05, 0) is 37.5 Å². The van der Waals surface area contributed by atoms with Crippen molar-refractivity contribution in [1.29, 1.82) is 0 Å². The van der Waals surface area contributed by atoms with Crippen molar-refractivity contribution >= 4 is 23.5 Å². The number of amides is 1. The lowest BCUT2D eigenvalue weighted by molar-refractivity contribution is -0.150. The minimum absolute atomic E-state index is 0.114. The number of benzene rings is 1. The summed E-state index contributed by atoms with van der Waals surface area (Å²) in [6.07, 6.45) is 3.46. The maximum atomic E-state index is 12.9. The molecular weight excluding hydrogens is 290 g/mol. The topological polar surface area (TPSA) is 57.6 Å². The Bertz CT molecular complexity index is 535. The molecule has 114 valence electrons. The first-order chi connectivity index (χ1) is 9.88. The molecule has 1 aromatic rings. The van der Waals surface area contributed by atoms with Crippen LogP contribution in [-0.2, 0) is 15.0 Å². The van der Waals surface area contributed by atoms with Crippen LogP contribution in [0.1, 0.15) is 38.2 Å². The molecule has 1 unspecified atom stereocenters. The average molecular weight is 310 g/mol. The Morgan fingerprint density at radius 2 is 1.76 bits per heavy atom. The fourth-order valence-electron chi connectivity index (χ4n) is 3.05. The Hall–Kier alpha value is -1.55. The zero-order valence-corrected chi connectivity index (χ0v) is 13.1. The molecule has 0 aromatic heterocycles. The second kappa shape index (κ2) is 6.06. The molecule has 0 bridgehead atoms. The van der Waals surface area contributed by atoms with Crippen molar-refractivity contribution in [2.24, 2.45) is 0 Å². The van der Waals surface area contributed by atoms with Crippen molar-refractivity contribution in [3.8, 4) is 0 Å². The van der Waals surface area contributed by atoms with E-state index < -0.39 is 17.4 Å². The first-order valence-corrected chi connectivity index (χ1v) is 7.52. The molecule has 1 saturated carbocycles. The summed E-state index contributed by atoms with van der Waals surface area (Å²) in [5, 5.41) is 9.75. The van der Waals surface area contributed by atoms with Gasteiger partial charge in [-0.25, -0.2) is 4.79 Å². The lowest BCUT2D eigenvalue weighted by Crippen LogP contribution is -2.49. The molecule has 1 amide bonds. The number of carboxylic acids is 1. The minimum Gasteiger partial charge on any atom is -0.480 e. The Morgan fingerprint density at radius 1 is 1.24 bits per heavy atom. The molecule has 1 aliphatic rings. The highest BCUT2D eigenvalue weighted by Gasteiger charge is 2.45. The minimum atomic E-state index is -0.991. The number of carbonyl (C=O) groups is 2. The van der Waals surface area contributed by atoms with Crippen molar-refractivity contribution in [2.45, 2.75) is 44.1 Å². The van der Waals surface area contributed by atoms with Gasteiger partial charge in [-0.1, -0.05) is 36.6 Å². The van der Waals surface area contributed by atoms with E-state index >= 15 is 0 Å². The molecular formula is C16H20ClNO3. The van der Waals surface area contributed by atoms with Gasteiger partial charge in [0.2, 0.25) is 5.91 Å². The summed E-state index contributed by atoms with van der Waals surface area (Å²) in [5.41, 5.74) is 0.321. The number of rotatable bonds is 4. The largest absolute Gasteiger partial charge is 0.480 e. The smallest absolute Gasteiger partial charge is 0.326 e. The van der Waals surface area contributed by atoms with Gasteiger partial charge in [0, 0.05) is 12.1 Å². The van der Waals surface area contributed by atoms with E-state index in [1.54, 1.807) is 19.2 Å². The summed E-state index contributed by atoms with van der Waals surface area (Å²) in [6, 6.07) is 6.49. The number of nitrogens with zero attached hydrogens (tertiary/aromatic N) is 1. The van der Waals surface area contributed by atoms with E-state index in [2.05, 4.69) is 0 Å². The fourth-order valence-corrected chi connectivity index (χ4v) is 3.18. The first kappa shape index (κ1) is 15.8. The van der Waals surface area contributed by atoms with Crippen LogP contribution in [0, 0.1) is 0 Å². The van der Waals surface area contributed by atoms with Crippen molar-refractivity contribution in [2.75, 3.05) is 7.05 Å². The molecule has 1 aromatic carbocycles. The average Bonchev–Trinajstić information content (AvgIpc) is 2.96. The van der Waals surface area contributed by atoms with E-state index in [0.29, 0.717) is 5.02 Å². The van der Waals surface area contributed by atoms with Gasteiger partial charge in [-0.15, -0.1) is 0 Å². The Kier molecular flexibility index (Phi) is 4.57. The van der Waals surface area contributed by atoms with Crippen molar-refractivity contribution in [3.05, 3.63) is 34.9 Å². The zero-order valence-electron chi connectivity index (χ0n) is 12.3. The van der Waals surface area contributed by atoms with E-state index in [-0.39, 0.29) is 5.91 Å². The van der Waals surface area contributed by atoms with Gasteiger partial charge in [0.15, 0.2) is 0 Å². The highest BCUT2D eigenvalue weighted by atomic mass is 35.5. The number of halogens is 1. The number of hydrogen-bond acceptors (Lipinski definition) is 2. The second-order valence-corrected chi connectivity index (χ2v) is 6.16. The number of carbonyl (C=O) groups excluding carboxylic acids is 1. The standard InChI is InChI=1S/C16H20ClNO3/c1-11(14(19)20)18(2)15(21)16(9-3-4-10-16)12-5-7-13(17)8-6-12/h5-8,11H,3-4,9-10H2,1-2H3,(H,19,20). The van der Waals surface area contributed by atoms with Gasteiger partial charge in [-0.2, -0.15) is 0 Å². The van der Waals surface area contributed by atoms with Crippen LogP contribution in [0.3, 0.4) is 0 Å². The van der Waals surface area contributed by atoms with Crippen LogP contribution < -0.4 is 0 Å². The SMILES string of the molecule is CC(C(=O)O)N(C)C(=O)C1(c2ccc(Cl)cc2)CCCC1. The van der Waals surface area contributed by atoms with Gasteiger partial charge < -0.3 is 10.0 Å². The molecule has 2 rings (SSSR count). The first-order valence-electron chi connectivity index (χ1n) is 7.14.